The maximum absolute atomic E-state index is 12.3. The third kappa shape index (κ3) is 22.8. The zero-order chi connectivity index (χ0) is 67.4. The Morgan fingerprint density at radius 1 is 0.394 bits per heavy atom. The molecule has 0 radical (unpaired) electrons. The van der Waals surface area contributed by atoms with Crippen LogP contribution in [-0.2, 0) is 69.1 Å². The molecule has 4 amide bonds. The van der Waals surface area contributed by atoms with E-state index in [2.05, 4.69) is 31.1 Å². The first-order chi connectivity index (χ1) is 45.0. The van der Waals surface area contributed by atoms with Crippen molar-refractivity contribution in [2.75, 3.05) is 42.3 Å². The molecule has 3 heterocycles. The minimum atomic E-state index is -0.766. The van der Waals surface area contributed by atoms with Gasteiger partial charge in [-0.25, -0.2) is 19.2 Å². The van der Waals surface area contributed by atoms with Gasteiger partial charge in [0.05, 0.1) is 48.8 Å². The summed E-state index contributed by atoms with van der Waals surface area (Å²) >= 11 is 0. The molecule has 2 N–H and O–H groups in total. The van der Waals surface area contributed by atoms with Crippen LogP contribution in [0.3, 0.4) is 0 Å². The molecule has 3 saturated heterocycles. The molecule has 12 rings (SSSR count). The maximum Gasteiger partial charge on any atom is 1.00 e. The highest BCUT2D eigenvalue weighted by Crippen LogP contribution is 2.40. The number of hydrogen-bond acceptors (Lipinski definition) is 16. The highest BCUT2D eigenvalue weighted by Gasteiger charge is 2.48. The lowest BCUT2D eigenvalue weighted by molar-refractivity contribution is -0.146. The molecule has 5 aliphatic carbocycles. The second kappa shape index (κ2) is 35.4. The fraction of sp³-hybridized carbons (Fsp3) is 0.595. The molecular weight excluding hydrogens is 1200 g/mol. The quantitative estimate of drug-likeness (QED) is 0.0724. The van der Waals surface area contributed by atoms with Crippen LogP contribution >= 0.6 is 0 Å². The third-order valence-corrected chi connectivity index (χ3v) is 19.0. The predicted molar refractivity (Wildman–Crippen MR) is 358 cm³/mol. The van der Waals surface area contributed by atoms with Crippen molar-refractivity contribution in [3.8, 4) is 0 Å². The Bertz CT molecular complexity index is 2970. The normalized spacial score (nSPS) is 28.0. The molecular formula is C74H106N5O15+. The zero-order valence-electron chi connectivity index (χ0n) is 58.1. The number of aliphatic hydroxyl groups is 2. The summed E-state index contributed by atoms with van der Waals surface area (Å²) < 4.78 is 50.3. The summed E-state index contributed by atoms with van der Waals surface area (Å²) in [4.78, 5) is 57.1. The summed E-state index contributed by atoms with van der Waals surface area (Å²) in [6.07, 6.45) is 17.1. The van der Waals surface area contributed by atoms with Crippen LogP contribution in [0.5, 0.6) is 0 Å². The number of rotatable bonds is 13. The monoisotopic (exact) mass is 1300 g/mol. The van der Waals surface area contributed by atoms with Gasteiger partial charge in [-0.3, -0.25) is 0 Å². The van der Waals surface area contributed by atoms with Crippen molar-refractivity contribution in [2.45, 2.75) is 241 Å². The van der Waals surface area contributed by atoms with E-state index in [0.29, 0.717) is 69.5 Å². The molecule has 8 aliphatic rings. The van der Waals surface area contributed by atoms with Crippen molar-refractivity contribution in [2.24, 2.45) is 0 Å². The van der Waals surface area contributed by atoms with Gasteiger partial charge in [-0.15, -0.1) is 0 Å². The SMILES string of the molecule is CN(C(=O)OCc1ccccc1)C1CC=CCC1.CN(C(=O)OCc1ccccc1)C1CCC2OC2C1.CN(C(=O)OCc1ccccc1)[C@@H]1CC[C@@H](O)[C@H](O)C1.CN(C(=O)OCc1ccccc1)[C@@H]1CC[C@H]2OC(C)(C)O[C@@H]2C1.CN(C)[C@@H]1CC[C@H]2OC(C)(C)O[C@@H]2C1.[H+]. The molecule has 3 aliphatic heterocycles. The minimum Gasteiger partial charge on any atom is -0.445 e. The molecule has 516 valence electrons. The van der Waals surface area contributed by atoms with Crippen LogP contribution in [0.2, 0.25) is 0 Å². The number of epoxide rings is 1. The van der Waals surface area contributed by atoms with Gasteiger partial charge < -0.3 is 77.3 Å². The van der Waals surface area contributed by atoms with Crippen LogP contribution in [0, 0.1) is 0 Å². The van der Waals surface area contributed by atoms with Crippen LogP contribution in [-0.4, -0.2) is 192 Å². The Morgan fingerprint density at radius 2 is 0.723 bits per heavy atom. The Morgan fingerprint density at radius 3 is 1.09 bits per heavy atom. The van der Waals surface area contributed by atoms with E-state index < -0.39 is 24.1 Å². The molecule has 7 fully saturated rings. The van der Waals surface area contributed by atoms with E-state index >= 15 is 0 Å². The van der Waals surface area contributed by atoms with Gasteiger partial charge in [0.25, 0.3) is 0 Å². The average molecular weight is 1310 g/mol. The number of amides is 4. The fourth-order valence-electron chi connectivity index (χ4n) is 13.2. The lowest BCUT2D eigenvalue weighted by Gasteiger charge is -2.35. The minimum absolute atomic E-state index is 0. The summed E-state index contributed by atoms with van der Waals surface area (Å²) in [5.74, 6) is -0.882. The number of aliphatic hydroxyl groups excluding tert-OH is 2. The predicted octanol–water partition coefficient (Wildman–Crippen LogP) is 12.5. The summed E-state index contributed by atoms with van der Waals surface area (Å²) in [5, 5.41) is 19.1. The van der Waals surface area contributed by atoms with Crippen molar-refractivity contribution in [1.82, 2.24) is 24.5 Å². The first-order valence-electron chi connectivity index (χ1n) is 33.8. The summed E-state index contributed by atoms with van der Waals surface area (Å²) in [6.45, 7) is 9.12. The molecule has 4 unspecified atom stereocenters. The van der Waals surface area contributed by atoms with E-state index in [0.717, 1.165) is 92.9 Å². The van der Waals surface area contributed by atoms with Crippen molar-refractivity contribution in [3.63, 3.8) is 0 Å². The zero-order valence-corrected chi connectivity index (χ0v) is 57.1. The number of carbonyl (C=O) groups is 4. The number of fused-ring (bicyclic) bond motifs is 3. The fourth-order valence-corrected chi connectivity index (χ4v) is 13.2. The van der Waals surface area contributed by atoms with Gasteiger partial charge in [-0.05, 0) is 160 Å². The van der Waals surface area contributed by atoms with Gasteiger partial charge in [0, 0.05) is 58.4 Å². The van der Waals surface area contributed by atoms with Crippen molar-refractivity contribution < 1.29 is 73.4 Å². The number of allylic oxidation sites excluding steroid dienone is 1. The molecule has 20 nitrogen and oxygen atoms in total. The Kier molecular flexibility index (Phi) is 27.6. The number of ether oxygens (including phenoxy) is 9. The number of nitrogens with zero attached hydrogens (tertiary/aromatic N) is 5. The van der Waals surface area contributed by atoms with Gasteiger partial charge in [-0.1, -0.05) is 133 Å². The second-order valence-electron chi connectivity index (χ2n) is 27.1. The Labute approximate surface area is 559 Å². The molecule has 0 spiro atoms. The molecule has 13 atom stereocenters. The summed E-state index contributed by atoms with van der Waals surface area (Å²) in [7, 11) is 11.4. The average Bonchev–Trinajstić information content (AvgIpc) is 1.69. The first kappa shape index (κ1) is 73.2. The third-order valence-electron chi connectivity index (χ3n) is 19.0. The molecule has 0 aromatic heterocycles. The number of benzene rings is 4. The summed E-state index contributed by atoms with van der Waals surface area (Å²) in [5.41, 5.74) is 3.96. The van der Waals surface area contributed by atoms with Crippen molar-refractivity contribution in [1.29, 1.82) is 0 Å². The summed E-state index contributed by atoms with van der Waals surface area (Å²) in [6, 6.07) is 39.9. The molecule has 4 aromatic carbocycles. The van der Waals surface area contributed by atoms with E-state index in [1.54, 1.807) is 28.8 Å². The van der Waals surface area contributed by atoms with E-state index in [1.807, 2.05) is 163 Å². The van der Waals surface area contributed by atoms with E-state index in [1.165, 1.54) is 11.3 Å². The lowest BCUT2D eigenvalue weighted by atomic mass is 9.90. The highest BCUT2D eigenvalue weighted by atomic mass is 16.8. The van der Waals surface area contributed by atoms with Gasteiger partial charge in [0.2, 0.25) is 0 Å². The molecule has 20 heteroatoms. The van der Waals surface area contributed by atoms with Crippen LogP contribution < -0.4 is 0 Å². The second-order valence-corrected chi connectivity index (χ2v) is 27.1. The van der Waals surface area contributed by atoms with Crippen LogP contribution in [0.1, 0.15) is 148 Å². The van der Waals surface area contributed by atoms with Crippen LogP contribution in [0.25, 0.3) is 0 Å². The largest absolute Gasteiger partial charge is 1.00 e. The standard InChI is InChI=1S/C18H25NO4.C15H21NO4.C15H19NO3.C15H19NO2.C11H21NO2/c1-18(2)22-15-10-9-14(11-16(15)23-18)19(3)17(20)21-12-13-7-5-4-6-8-13;1-16(12-7-8-13(17)14(18)9-12)15(19)20-10-11-5-3-2-4-6-11;1-16(12-7-8-13-14(9-12)19-13)15(17)18-10-11-5-3-2-4-6-11;1-16(14-10-6-3-7-11-14)15(17)18-12-13-8-4-2-5-9-13;1-11(2)13-9-6-5-8(12(3)4)7-10(9)14-11/h4-8,14-16H,9-12H2,1-3H3;2-6,12-14,17-18H,7-10H2,1H3;2-6,12-14H,7-10H2,1H3;2-6,8-9,14H,7,10-12H2,1H3;8-10H,5-7H2,1-4H3/p+1/t14-,15-,16-;12-,13-,14-;;;8-,9-,10-/m11..1/s1. The van der Waals surface area contributed by atoms with Crippen molar-refractivity contribution >= 4 is 24.4 Å². The first-order valence-corrected chi connectivity index (χ1v) is 33.8. The van der Waals surface area contributed by atoms with Gasteiger partial charge in [-0.2, -0.15) is 0 Å². The number of hydrogen-bond donors (Lipinski definition) is 2. The highest BCUT2D eigenvalue weighted by molar-refractivity contribution is 5.69. The van der Waals surface area contributed by atoms with Gasteiger partial charge >= 0.3 is 25.8 Å². The van der Waals surface area contributed by atoms with Gasteiger partial charge in [0.1, 0.15) is 26.4 Å². The van der Waals surface area contributed by atoms with E-state index in [4.69, 9.17) is 42.6 Å². The van der Waals surface area contributed by atoms with E-state index in [-0.39, 0.29) is 68.5 Å². The number of carbonyl (C=O) groups excluding carboxylic acids is 4. The molecule has 4 aromatic rings. The molecule has 94 heavy (non-hydrogen) atoms. The van der Waals surface area contributed by atoms with Crippen LogP contribution in [0.15, 0.2) is 133 Å². The smallest absolute Gasteiger partial charge is 0.445 e. The van der Waals surface area contributed by atoms with Gasteiger partial charge in [0.15, 0.2) is 11.6 Å². The maximum atomic E-state index is 12.3. The Balaban J connectivity index is 0.000000169. The van der Waals surface area contributed by atoms with Crippen LogP contribution in [0.4, 0.5) is 19.2 Å². The molecule has 4 saturated carbocycles. The lowest BCUT2D eigenvalue weighted by Crippen LogP contribution is -2.45. The molecule has 0 bridgehead atoms. The Hall–Kier alpha value is -6.62. The topological polar surface area (TPSA) is 211 Å². The van der Waals surface area contributed by atoms with Crippen molar-refractivity contribution in [3.05, 3.63) is 156 Å². The van der Waals surface area contributed by atoms with E-state index in [9.17, 15) is 29.4 Å².